The van der Waals surface area contributed by atoms with Crippen LogP contribution in [0.3, 0.4) is 0 Å². The zero-order chi connectivity index (χ0) is 15.1. The number of aryl methyl sites for hydroxylation is 1. The van der Waals surface area contributed by atoms with Crippen molar-refractivity contribution < 1.29 is 23.1 Å². The van der Waals surface area contributed by atoms with E-state index in [9.17, 15) is 18.0 Å². The van der Waals surface area contributed by atoms with Gasteiger partial charge in [0.25, 0.3) is 0 Å². The number of alkyl halides is 3. The molecule has 0 saturated carbocycles. The van der Waals surface area contributed by atoms with E-state index in [-0.39, 0.29) is 11.3 Å². The number of carbonyl (C=O) groups is 1. The first-order chi connectivity index (χ1) is 9.21. The Kier molecular flexibility index (Phi) is 3.29. The van der Waals surface area contributed by atoms with Gasteiger partial charge in [-0.15, -0.1) is 0 Å². The lowest BCUT2D eigenvalue weighted by molar-refractivity contribution is -0.137. The van der Waals surface area contributed by atoms with Gasteiger partial charge in [-0.2, -0.15) is 18.3 Å². The molecule has 2 aromatic rings. The van der Waals surface area contributed by atoms with Gasteiger partial charge in [0.1, 0.15) is 0 Å². The number of rotatable bonds is 2. The molecule has 0 spiro atoms. The maximum atomic E-state index is 12.7. The van der Waals surface area contributed by atoms with Crippen LogP contribution in [0.5, 0.6) is 0 Å². The Morgan fingerprint density at radius 3 is 2.50 bits per heavy atom. The van der Waals surface area contributed by atoms with E-state index in [4.69, 9.17) is 5.11 Å². The normalized spacial score (nSPS) is 11.7. The Morgan fingerprint density at radius 2 is 2.00 bits per heavy atom. The van der Waals surface area contributed by atoms with Crippen molar-refractivity contribution in [2.75, 3.05) is 0 Å². The van der Waals surface area contributed by atoms with Gasteiger partial charge in [-0.1, -0.05) is 12.1 Å². The molecule has 1 aromatic carbocycles. The van der Waals surface area contributed by atoms with Gasteiger partial charge in [-0.05, 0) is 19.1 Å². The molecule has 1 heterocycles. The van der Waals surface area contributed by atoms with Gasteiger partial charge < -0.3 is 5.11 Å². The van der Waals surface area contributed by atoms with Gasteiger partial charge in [0.05, 0.1) is 11.3 Å². The van der Waals surface area contributed by atoms with Crippen LogP contribution in [0.25, 0.3) is 11.3 Å². The van der Waals surface area contributed by atoms with Gasteiger partial charge in [0.2, 0.25) is 0 Å². The van der Waals surface area contributed by atoms with Gasteiger partial charge in [0.15, 0.2) is 5.69 Å². The lowest BCUT2D eigenvalue weighted by Crippen LogP contribution is -2.05. The second kappa shape index (κ2) is 4.66. The number of carboxylic acid groups (broad SMARTS) is 1. The Balaban J connectivity index is 2.61. The largest absolute Gasteiger partial charge is 0.476 e. The molecule has 0 aliphatic heterocycles. The van der Waals surface area contributed by atoms with E-state index in [2.05, 4.69) is 5.10 Å². The van der Waals surface area contributed by atoms with Crippen molar-refractivity contribution in [1.29, 1.82) is 0 Å². The van der Waals surface area contributed by atoms with Crippen LogP contribution < -0.4 is 0 Å². The Labute approximate surface area is 112 Å². The van der Waals surface area contributed by atoms with E-state index < -0.39 is 17.7 Å². The maximum Gasteiger partial charge on any atom is 0.416 e. The zero-order valence-corrected chi connectivity index (χ0v) is 10.7. The van der Waals surface area contributed by atoms with E-state index in [0.29, 0.717) is 11.3 Å². The fourth-order valence-electron chi connectivity index (χ4n) is 2.08. The highest BCUT2D eigenvalue weighted by atomic mass is 19.4. The SMILES string of the molecule is Cc1c(C(=O)O)nn(C)c1-c1cccc(C(F)(F)F)c1. The average Bonchev–Trinajstić information content (AvgIpc) is 2.64. The first kappa shape index (κ1) is 14.1. The van der Waals surface area contributed by atoms with Crippen molar-refractivity contribution in [2.45, 2.75) is 13.1 Å². The maximum absolute atomic E-state index is 12.7. The summed E-state index contributed by atoms with van der Waals surface area (Å²) in [5, 5.41) is 12.8. The molecular formula is C13H11F3N2O2. The summed E-state index contributed by atoms with van der Waals surface area (Å²) in [6.07, 6.45) is -4.45. The molecule has 106 valence electrons. The number of aromatic nitrogens is 2. The number of benzene rings is 1. The smallest absolute Gasteiger partial charge is 0.416 e. The first-order valence-electron chi connectivity index (χ1n) is 5.66. The second-order valence-corrected chi connectivity index (χ2v) is 4.33. The average molecular weight is 284 g/mol. The zero-order valence-electron chi connectivity index (χ0n) is 10.7. The van der Waals surface area contributed by atoms with E-state index >= 15 is 0 Å². The summed E-state index contributed by atoms with van der Waals surface area (Å²) in [5.74, 6) is -1.21. The van der Waals surface area contributed by atoms with Crippen molar-refractivity contribution in [3.05, 3.63) is 41.1 Å². The molecule has 0 saturated heterocycles. The van der Waals surface area contributed by atoms with Crippen molar-refractivity contribution in [2.24, 2.45) is 7.05 Å². The van der Waals surface area contributed by atoms with Crippen LogP contribution in [-0.4, -0.2) is 20.9 Å². The lowest BCUT2D eigenvalue weighted by atomic mass is 10.0. The summed E-state index contributed by atoms with van der Waals surface area (Å²) in [5.41, 5.74) is 0.0139. The van der Waals surface area contributed by atoms with Crippen LogP contribution in [-0.2, 0) is 13.2 Å². The van der Waals surface area contributed by atoms with Crippen molar-refractivity contribution in [1.82, 2.24) is 9.78 Å². The van der Waals surface area contributed by atoms with E-state index in [0.717, 1.165) is 12.1 Å². The number of hydrogen-bond acceptors (Lipinski definition) is 2. The second-order valence-electron chi connectivity index (χ2n) is 4.33. The van der Waals surface area contributed by atoms with Gasteiger partial charge in [-0.3, -0.25) is 4.68 Å². The summed E-state index contributed by atoms with van der Waals surface area (Å²) < 4.78 is 39.4. The molecule has 0 unspecified atom stereocenters. The highest BCUT2D eigenvalue weighted by molar-refractivity contribution is 5.89. The van der Waals surface area contributed by atoms with Crippen LogP contribution in [0.15, 0.2) is 24.3 Å². The predicted molar refractivity (Wildman–Crippen MR) is 65.3 cm³/mol. The van der Waals surface area contributed by atoms with Crippen LogP contribution in [0.4, 0.5) is 13.2 Å². The fourth-order valence-corrected chi connectivity index (χ4v) is 2.08. The minimum absolute atomic E-state index is 0.167. The van der Waals surface area contributed by atoms with Crippen LogP contribution >= 0.6 is 0 Å². The first-order valence-corrected chi connectivity index (χ1v) is 5.66. The van der Waals surface area contributed by atoms with Crippen molar-refractivity contribution >= 4 is 5.97 Å². The molecule has 1 aromatic heterocycles. The van der Waals surface area contributed by atoms with Crippen LogP contribution in [0, 0.1) is 6.92 Å². The summed E-state index contributed by atoms with van der Waals surface area (Å²) >= 11 is 0. The number of hydrogen-bond donors (Lipinski definition) is 1. The minimum atomic E-state index is -4.45. The Bertz CT molecular complexity index is 675. The fraction of sp³-hybridized carbons (Fsp3) is 0.231. The van der Waals surface area contributed by atoms with Gasteiger partial charge in [-0.25, -0.2) is 4.79 Å². The third kappa shape index (κ3) is 2.38. The molecule has 0 amide bonds. The van der Waals surface area contributed by atoms with Crippen LogP contribution in [0.2, 0.25) is 0 Å². The minimum Gasteiger partial charge on any atom is -0.476 e. The molecule has 7 heteroatoms. The van der Waals surface area contributed by atoms with E-state index in [1.807, 2.05) is 0 Å². The highest BCUT2D eigenvalue weighted by Gasteiger charge is 2.31. The quantitative estimate of drug-likeness (QED) is 0.921. The van der Waals surface area contributed by atoms with Crippen LogP contribution in [0.1, 0.15) is 21.6 Å². The molecule has 0 aliphatic carbocycles. The third-order valence-electron chi connectivity index (χ3n) is 2.95. The topological polar surface area (TPSA) is 55.1 Å². The molecule has 0 fully saturated rings. The molecule has 2 rings (SSSR count). The molecule has 4 nitrogen and oxygen atoms in total. The third-order valence-corrected chi connectivity index (χ3v) is 2.95. The Hall–Kier alpha value is -2.31. The monoisotopic (exact) mass is 284 g/mol. The number of nitrogens with zero attached hydrogens (tertiary/aromatic N) is 2. The molecule has 20 heavy (non-hydrogen) atoms. The molecule has 0 atom stereocenters. The molecule has 0 radical (unpaired) electrons. The molecule has 0 aliphatic rings. The van der Waals surface area contributed by atoms with Crippen molar-refractivity contribution in [3.63, 3.8) is 0 Å². The summed E-state index contributed by atoms with van der Waals surface area (Å²) in [6.45, 7) is 1.52. The molecule has 1 N–H and O–H groups in total. The number of aromatic carboxylic acids is 1. The standard InChI is InChI=1S/C13H11F3N2O2/c1-7-10(12(19)20)17-18(2)11(7)8-4-3-5-9(6-8)13(14,15)16/h3-6H,1-2H3,(H,19,20). The lowest BCUT2D eigenvalue weighted by Gasteiger charge is -2.09. The highest BCUT2D eigenvalue weighted by Crippen LogP contribution is 2.33. The van der Waals surface area contributed by atoms with Gasteiger partial charge in [0, 0.05) is 18.2 Å². The van der Waals surface area contributed by atoms with E-state index in [1.54, 1.807) is 0 Å². The Morgan fingerprint density at radius 1 is 1.35 bits per heavy atom. The van der Waals surface area contributed by atoms with E-state index in [1.165, 1.54) is 30.8 Å². The summed E-state index contributed by atoms with van der Waals surface area (Å²) in [6, 6.07) is 4.72. The predicted octanol–water partition coefficient (Wildman–Crippen LogP) is 3.11. The van der Waals surface area contributed by atoms with Crippen molar-refractivity contribution in [3.8, 4) is 11.3 Å². The molecule has 0 bridgehead atoms. The molecular weight excluding hydrogens is 273 g/mol. The number of carboxylic acids is 1. The summed E-state index contributed by atoms with van der Waals surface area (Å²) in [4.78, 5) is 11.0. The number of halogens is 3. The van der Waals surface area contributed by atoms with Gasteiger partial charge >= 0.3 is 12.1 Å². The summed E-state index contributed by atoms with van der Waals surface area (Å²) in [7, 11) is 1.50.